The number of carbonyl (C=O) groups is 2. The van der Waals surface area contributed by atoms with Crippen LogP contribution < -0.4 is 11.1 Å². The van der Waals surface area contributed by atoms with Gasteiger partial charge in [-0.25, -0.2) is 0 Å². The van der Waals surface area contributed by atoms with Crippen molar-refractivity contribution >= 4 is 47.4 Å². The zero-order chi connectivity index (χ0) is 18.1. The summed E-state index contributed by atoms with van der Waals surface area (Å²) in [6.45, 7) is 6.94. The van der Waals surface area contributed by atoms with Crippen LogP contribution in [-0.2, 0) is 4.79 Å². The molecule has 1 fully saturated rings. The Balaban J connectivity index is 0.00000312. The molecule has 1 aromatic rings. The quantitative estimate of drug-likeness (QED) is 0.807. The summed E-state index contributed by atoms with van der Waals surface area (Å²) in [5.41, 5.74) is 6.21. The van der Waals surface area contributed by atoms with Gasteiger partial charge in [-0.2, -0.15) is 0 Å². The van der Waals surface area contributed by atoms with Crippen molar-refractivity contribution in [3.63, 3.8) is 0 Å². The second-order valence-corrected chi connectivity index (χ2v) is 7.73. The van der Waals surface area contributed by atoms with Crippen LogP contribution >= 0.6 is 35.6 Å². The van der Waals surface area contributed by atoms with E-state index in [2.05, 4.69) is 5.32 Å². The number of piperidine rings is 1. The van der Waals surface area contributed by atoms with Crippen LogP contribution in [0.2, 0.25) is 10.0 Å². The van der Waals surface area contributed by atoms with Crippen LogP contribution in [0, 0.1) is 5.41 Å². The van der Waals surface area contributed by atoms with Gasteiger partial charge in [0.2, 0.25) is 5.91 Å². The van der Waals surface area contributed by atoms with Crippen molar-refractivity contribution in [3.05, 3.63) is 33.8 Å². The van der Waals surface area contributed by atoms with Gasteiger partial charge in [0.15, 0.2) is 0 Å². The molecule has 25 heavy (non-hydrogen) atoms. The predicted molar refractivity (Wildman–Crippen MR) is 104 cm³/mol. The lowest BCUT2D eigenvalue weighted by atomic mass is 9.79. The van der Waals surface area contributed by atoms with Crippen LogP contribution in [0.5, 0.6) is 0 Å². The maximum absolute atomic E-state index is 12.6. The first kappa shape index (κ1) is 22.0. The van der Waals surface area contributed by atoms with E-state index in [0.29, 0.717) is 18.1 Å². The highest BCUT2D eigenvalue weighted by molar-refractivity contribution is 6.43. The average molecular weight is 409 g/mol. The highest BCUT2D eigenvalue weighted by Crippen LogP contribution is 2.28. The first-order valence-corrected chi connectivity index (χ1v) is 8.68. The third-order valence-corrected chi connectivity index (χ3v) is 5.36. The number of nitrogens with two attached hydrogens (primary N) is 1. The highest BCUT2D eigenvalue weighted by Gasteiger charge is 2.36. The van der Waals surface area contributed by atoms with Crippen molar-refractivity contribution in [2.45, 2.75) is 39.3 Å². The Labute approximate surface area is 164 Å². The number of halogens is 3. The first-order chi connectivity index (χ1) is 11.1. The van der Waals surface area contributed by atoms with Gasteiger partial charge in [0, 0.05) is 19.1 Å². The van der Waals surface area contributed by atoms with Gasteiger partial charge in [0.1, 0.15) is 6.04 Å². The second kappa shape index (κ2) is 8.58. The summed E-state index contributed by atoms with van der Waals surface area (Å²) in [6.07, 6.45) is 0.750. The molecular weight excluding hydrogens is 385 g/mol. The van der Waals surface area contributed by atoms with Crippen molar-refractivity contribution in [2.75, 3.05) is 13.1 Å². The fourth-order valence-corrected chi connectivity index (χ4v) is 3.24. The molecule has 0 aromatic heterocycles. The van der Waals surface area contributed by atoms with Crippen LogP contribution in [0.4, 0.5) is 0 Å². The number of hydrogen-bond acceptors (Lipinski definition) is 3. The molecule has 2 atom stereocenters. The number of amides is 2. The number of hydrogen-bond donors (Lipinski definition) is 2. The summed E-state index contributed by atoms with van der Waals surface area (Å²) in [4.78, 5) is 26.7. The van der Waals surface area contributed by atoms with Crippen LogP contribution in [-0.4, -0.2) is 41.9 Å². The van der Waals surface area contributed by atoms with Crippen molar-refractivity contribution in [1.29, 1.82) is 0 Å². The van der Waals surface area contributed by atoms with E-state index in [-0.39, 0.29) is 40.4 Å². The lowest BCUT2D eigenvalue weighted by Gasteiger charge is -2.43. The van der Waals surface area contributed by atoms with Crippen molar-refractivity contribution in [3.8, 4) is 0 Å². The largest absolute Gasteiger partial charge is 0.340 e. The van der Waals surface area contributed by atoms with Gasteiger partial charge in [0.05, 0.1) is 15.6 Å². The van der Waals surface area contributed by atoms with Crippen LogP contribution in [0.3, 0.4) is 0 Å². The maximum atomic E-state index is 12.6. The Hall–Kier alpha value is -1.01. The lowest BCUT2D eigenvalue weighted by Crippen LogP contribution is -2.57. The third kappa shape index (κ3) is 5.00. The molecule has 0 spiro atoms. The fraction of sp³-hybridized carbons (Fsp3) is 0.529. The number of benzene rings is 1. The minimum atomic E-state index is -0.655. The number of carbonyl (C=O) groups excluding carboxylic acids is 2. The molecule has 1 saturated heterocycles. The maximum Gasteiger partial charge on any atom is 0.253 e. The topological polar surface area (TPSA) is 75.4 Å². The Morgan fingerprint density at radius 2 is 2.00 bits per heavy atom. The molecule has 5 nitrogen and oxygen atoms in total. The van der Waals surface area contributed by atoms with Gasteiger partial charge >= 0.3 is 0 Å². The summed E-state index contributed by atoms with van der Waals surface area (Å²) in [6, 6.07) is 4.23. The zero-order valence-electron chi connectivity index (χ0n) is 14.5. The molecule has 0 bridgehead atoms. The fourth-order valence-electron chi connectivity index (χ4n) is 2.85. The lowest BCUT2D eigenvalue weighted by molar-refractivity contribution is -0.136. The molecule has 3 N–H and O–H groups in total. The van der Waals surface area contributed by atoms with Gasteiger partial charge in [-0.1, -0.05) is 43.1 Å². The minimum Gasteiger partial charge on any atom is -0.340 e. The molecule has 1 heterocycles. The summed E-state index contributed by atoms with van der Waals surface area (Å²) in [5.74, 6) is -0.544. The van der Waals surface area contributed by atoms with Gasteiger partial charge in [-0.15, -0.1) is 12.4 Å². The van der Waals surface area contributed by atoms with E-state index in [1.54, 1.807) is 30.0 Å². The van der Waals surface area contributed by atoms with E-state index in [1.165, 1.54) is 0 Å². The Kier molecular flexibility index (Phi) is 7.56. The molecule has 1 aliphatic rings. The Morgan fingerprint density at radius 3 is 2.60 bits per heavy atom. The molecule has 1 aliphatic heterocycles. The summed E-state index contributed by atoms with van der Waals surface area (Å²) >= 11 is 12.0. The standard InChI is InChI=1S/C17H23Cl2N3O2.ClH/c1-10(16(24)22-8-7-13(20)17(2,3)9-22)21-15(23)11-5-4-6-12(18)14(11)19;/h4-6,10,13H,7-9,20H2,1-3H3,(H,21,23);1H. The molecule has 0 aliphatic carbocycles. The zero-order valence-corrected chi connectivity index (χ0v) is 16.8. The van der Waals surface area contributed by atoms with E-state index in [1.807, 2.05) is 13.8 Å². The second-order valence-electron chi connectivity index (χ2n) is 6.94. The van der Waals surface area contributed by atoms with Gasteiger partial charge in [0.25, 0.3) is 5.91 Å². The van der Waals surface area contributed by atoms with Gasteiger partial charge in [-0.3, -0.25) is 9.59 Å². The van der Waals surface area contributed by atoms with Crippen LogP contribution in [0.15, 0.2) is 18.2 Å². The smallest absolute Gasteiger partial charge is 0.253 e. The van der Waals surface area contributed by atoms with Crippen molar-refractivity contribution < 1.29 is 9.59 Å². The molecule has 0 radical (unpaired) electrons. The molecule has 2 unspecified atom stereocenters. The minimum absolute atomic E-state index is 0. The van der Waals surface area contributed by atoms with Gasteiger partial charge < -0.3 is 16.0 Å². The number of likely N-dealkylation sites (tertiary alicyclic amines) is 1. The number of rotatable bonds is 3. The normalized spacial score (nSPS) is 20.4. The van der Waals surface area contributed by atoms with E-state index < -0.39 is 11.9 Å². The molecule has 8 heteroatoms. The van der Waals surface area contributed by atoms with Crippen LogP contribution in [0.25, 0.3) is 0 Å². The molecule has 1 aromatic carbocycles. The third-order valence-electron chi connectivity index (χ3n) is 4.54. The monoisotopic (exact) mass is 407 g/mol. The summed E-state index contributed by atoms with van der Waals surface area (Å²) in [5, 5.41) is 3.18. The van der Waals surface area contributed by atoms with E-state index in [9.17, 15) is 9.59 Å². The van der Waals surface area contributed by atoms with Gasteiger partial charge in [-0.05, 0) is 30.9 Å². The van der Waals surface area contributed by atoms with E-state index in [0.717, 1.165) is 6.42 Å². The first-order valence-electron chi connectivity index (χ1n) is 7.92. The van der Waals surface area contributed by atoms with Crippen molar-refractivity contribution in [1.82, 2.24) is 10.2 Å². The average Bonchev–Trinajstić information content (AvgIpc) is 2.51. The van der Waals surface area contributed by atoms with E-state index in [4.69, 9.17) is 28.9 Å². The Morgan fingerprint density at radius 1 is 1.36 bits per heavy atom. The molecule has 140 valence electrons. The SMILES string of the molecule is CC(NC(=O)c1cccc(Cl)c1Cl)C(=O)N1CCC(N)C(C)(C)C1.Cl. The molecule has 2 rings (SSSR count). The highest BCUT2D eigenvalue weighted by atomic mass is 35.5. The Bertz CT molecular complexity index is 652. The van der Waals surface area contributed by atoms with Crippen molar-refractivity contribution in [2.24, 2.45) is 11.1 Å². The molecule has 0 saturated carbocycles. The van der Waals surface area contributed by atoms with E-state index >= 15 is 0 Å². The molecular formula is C17H24Cl3N3O2. The summed E-state index contributed by atoms with van der Waals surface area (Å²) in [7, 11) is 0. The predicted octanol–water partition coefficient (Wildman–Crippen LogP) is 3.12. The number of nitrogens with zero attached hydrogens (tertiary/aromatic N) is 1. The van der Waals surface area contributed by atoms with Crippen LogP contribution in [0.1, 0.15) is 37.6 Å². The number of nitrogens with one attached hydrogen (secondary N) is 1. The molecule has 2 amide bonds. The summed E-state index contributed by atoms with van der Waals surface area (Å²) < 4.78 is 0.